The zero-order valence-corrected chi connectivity index (χ0v) is 29.2. The van der Waals surface area contributed by atoms with E-state index in [2.05, 4.69) is 65.7 Å². The minimum absolute atomic E-state index is 0.0412. The summed E-state index contributed by atoms with van der Waals surface area (Å²) in [6.07, 6.45) is 11.1. The predicted octanol–water partition coefficient (Wildman–Crippen LogP) is 4.81. The van der Waals surface area contributed by atoms with Crippen LogP contribution in [0.5, 0.6) is 17.2 Å². The number of benzene rings is 2. The Morgan fingerprint density at radius 2 is 1.70 bits per heavy atom. The third-order valence-corrected chi connectivity index (χ3v) is 10.4. The molecule has 7 rings (SSSR count). The van der Waals surface area contributed by atoms with Gasteiger partial charge in [-0.1, -0.05) is 12.1 Å². The SMILES string of the molecule is COc1cc(C(=O)N2CCC(CCN3CCCN(c4nc5ccccc5n4CCc4ncc[nH]4)CC3)(c3ccncc3)C2)cc(OC)c1OC. The van der Waals surface area contributed by atoms with Gasteiger partial charge < -0.3 is 38.5 Å². The quantitative estimate of drug-likeness (QED) is 0.199. The number of nitrogens with zero attached hydrogens (tertiary/aromatic N) is 7. The summed E-state index contributed by atoms with van der Waals surface area (Å²) in [5, 5.41) is 0. The number of rotatable bonds is 12. The van der Waals surface area contributed by atoms with E-state index in [0.717, 1.165) is 87.8 Å². The average molecular weight is 679 g/mol. The monoisotopic (exact) mass is 678 g/mol. The van der Waals surface area contributed by atoms with Gasteiger partial charge in [-0.25, -0.2) is 9.97 Å². The predicted molar refractivity (Wildman–Crippen MR) is 192 cm³/mol. The maximum absolute atomic E-state index is 14.0. The van der Waals surface area contributed by atoms with Crippen molar-refractivity contribution in [3.05, 3.63) is 90.3 Å². The maximum atomic E-state index is 14.0. The Morgan fingerprint density at radius 3 is 2.44 bits per heavy atom. The lowest BCUT2D eigenvalue weighted by Gasteiger charge is -2.33. The number of carbonyl (C=O) groups is 1. The number of likely N-dealkylation sites (tertiary alicyclic amines) is 1. The number of anilines is 1. The van der Waals surface area contributed by atoms with E-state index in [1.807, 2.05) is 23.5 Å². The number of aromatic amines is 1. The van der Waals surface area contributed by atoms with Gasteiger partial charge in [-0.15, -0.1) is 0 Å². The first kappa shape index (κ1) is 33.4. The summed E-state index contributed by atoms with van der Waals surface area (Å²) in [5.41, 5.74) is 3.75. The molecule has 5 aromatic rings. The molecule has 1 unspecified atom stereocenters. The van der Waals surface area contributed by atoms with E-state index < -0.39 is 0 Å². The van der Waals surface area contributed by atoms with Crippen molar-refractivity contribution in [2.75, 3.05) is 72.0 Å². The summed E-state index contributed by atoms with van der Waals surface area (Å²) in [6.45, 7) is 6.86. The van der Waals surface area contributed by atoms with Gasteiger partial charge in [-0.2, -0.15) is 0 Å². The van der Waals surface area contributed by atoms with Crippen LogP contribution in [0.1, 0.15) is 41.0 Å². The van der Waals surface area contributed by atoms with Crippen LogP contribution in [0.2, 0.25) is 0 Å². The van der Waals surface area contributed by atoms with E-state index >= 15 is 0 Å². The Hall–Kier alpha value is -5.10. The number of pyridine rings is 1. The fourth-order valence-corrected chi connectivity index (χ4v) is 7.67. The molecule has 262 valence electrons. The molecule has 50 heavy (non-hydrogen) atoms. The van der Waals surface area contributed by atoms with Crippen molar-refractivity contribution < 1.29 is 19.0 Å². The van der Waals surface area contributed by atoms with Crippen molar-refractivity contribution in [1.29, 1.82) is 0 Å². The second kappa shape index (κ2) is 14.8. The van der Waals surface area contributed by atoms with Crippen molar-refractivity contribution in [3.8, 4) is 17.2 Å². The van der Waals surface area contributed by atoms with Crippen molar-refractivity contribution in [3.63, 3.8) is 0 Å². The Morgan fingerprint density at radius 1 is 0.900 bits per heavy atom. The molecule has 2 aliphatic heterocycles. The maximum Gasteiger partial charge on any atom is 0.254 e. The van der Waals surface area contributed by atoms with Gasteiger partial charge in [0.05, 0.1) is 32.4 Å². The Labute approximate surface area is 293 Å². The number of hydrogen-bond donors (Lipinski definition) is 1. The standard InChI is InChI=1S/C38H46N8O4/c1-48-32-25-28(26-33(49-2)35(32)50-3)36(47)45-22-13-38(27-45,29-9-14-39-15-10-29)12-21-43-18-6-19-44(24-23-43)37-42-30-7-4-5-8-31(30)46(37)20-11-34-40-16-17-41-34/h4-5,7-10,14-17,25-26H,6,11-13,18-24,27H2,1-3H3,(H,40,41). The largest absolute Gasteiger partial charge is 0.493 e. The Bertz CT molecular complexity index is 1870. The van der Waals surface area contributed by atoms with E-state index in [1.165, 1.54) is 5.56 Å². The molecular weight excluding hydrogens is 632 g/mol. The fourth-order valence-electron chi connectivity index (χ4n) is 7.67. The minimum Gasteiger partial charge on any atom is -0.493 e. The number of fused-ring (bicyclic) bond motifs is 1. The number of imidazole rings is 2. The van der Waals surface area contributed by atoms with Crippen molar-refractivity contribution in [2.24, 2.45) is 0 Å². The summed E-state index contributed by atoms with van der Waals surface area (Å²) in [5.74, 6) is 3.39. The van der Waals surface area contributed by atoms with Crippen LogP contribution in [-0.4, -0.2) is 107 Å². The molecule has 3 aromatic heterocycles. The first-order chi connectivity index (χ1) is 24.5. The van der Waals surface area contributed by atoms with Crippen molar-refractivity contribution in [2.45, 2.75) is 37.6 Å². The first-order valence-electron chi connectivity index (χ1n) is 17.4. The van der Waals surface area contributed by atoms with Gasteiger partial charge in [-0.05, 0) is 74.3 Å². The minimum atomic E-state index is -0.176. The fraction of sp³-hybridized carbons (Fsp3) is 0.421. The van der Waals surface area contributed by atoms with Crippen molar-refractivity contribution in [1.82, 2.24) is 34.3 Å². The number of aromatic nitrogens is 5. The van der Waals surface area contributed by atoms with Gasteiger partial charge in [0, 0.05) is 81.5 Å². The topological polar surface area (TPSA) is 114 Å². The third kappa shape index (κ3) is 6.72. The summed E-state index contributed by atoms with van der Waals surface area (Å²) < 4.78 is 18.9. The number of H-pyrrole nitrogens is 1. The number of hydrogen-bond acceptors (Lipinski definition) is 9. The zero-order chi connectivity index (χ0) is 34.5. The second-order valence-corrected chi connectivity index (χ2v) is 13.2. The van der Waals surface area contributed by atoms with E-state index in [0.29, 0.717) is 35.9 Å². The highest BCUT2D eigenvalue weighted by atomic mass is 16.5. The molecular formula is C38H46N8O4. The van der Waals surface area contributed by atoms with Crippen LogP contribution in [0.25, 0.3) is 11.0 Å². The molecule has 2 aliphatic rings. The Kier molecular flexibility index (Phi) is 9.88. The number of aryl methyl sites for hydroxylation is 2. The van der Waals surface area contributed by atoms with Crippen LogP contribution < -0.4 is 19.1 Å². The molecule has 12 heteroatoms. The third-order valence-electron chi connectivity index (χ3n) is 10.4. The van der Waals surface area contributed by atoms with Gasteiger partial charge in [-0.3, -0.25) is 9.78 Å². The van der Waals surface area contributed by atoms with Crippen LogP contribution in [0.15, 0.2) is 73.3 Å². The molecule has 1 atom stereocenters. The number of ether oxygens (including phenoxy) is 3. The van der Waals surface area contributed by atoms with E-state index in [4.69, 9.17) is 19.2 Å². The number of amides is 1. The summed E-state index contributed by atoms with van der Waals surface area (Å²) in [6, 6.07) is 16.1. The van der Waals surface area contributed by atoms with Crippen LogP contribution in [-0.2, 0) is 18.4 Å². The van der Waals surface area contributed by atoms with Crippen LogP contribution in [0.3, 0.4) is 0 Å². The van der Waals surface area contributed by atoms with Gasteiger partial charge in [0.2, 0.25) is 11.7 Å². The molecule has 0 spiro atoms. The molecule has 1 N–H and O–H groups in total. The van der Waals surface area contributed by atoms with E-state index in [-0.39, 0.29) is 11.3 Å². The number of methoxy groups -OCH3 is 3. The molecule has 0 radical (unpaired) electrons. The average Bonchev–Trinajstić information content (AvgIpc) is 3.89. The lowest BCUT2D eigenvalue weighted by Crippen LogP contribution is -2.39. The Balaban J connectivity index is 1.06. The number of carbonyl (C=O) groups excluding carboxylic acids is 1. The highest BCUT2D eigenvalue weighted by molar-refractivity contribution is 5.96. The summed E-state index contributed by atoms with van der Waals surface area (Å²) in [4.78, 5) is 38.1. The van der Waals surface area contributed by atoms with E-state index in [1.54, 1.807) is 39.7 Å². The molecule has 1 amide bonds. The van der Waals surface area contributed by atoms with Gasteiger partial charge in [0.1, 0.15) is 5.82 Å². The van der Waals surface area contributed by atoms with Gasteiger partial charge in [0.25, 0.3) is 5.91 Å². The summed E-state index contributed by atoms with van der Waals surface area (Å²) >= 11 is 0. The normalized spacial score (nSPS) is 18.4. The smallest absolute Gasteiger partial charge is 0.254 e. The number of para-hydroxylation sites is 2. The molecule has 0 aliphatic carbocycles. The van der Waals surface area contributed by atoms with Gasteiger partial charge >= 0.3 is 0 Å². The lowest BCUT2D eigenvalue weighted by molar-refractivity contribution is 0.0780. The van der Waals surface area contributed by atoms with Gasteiger partial charge in [0.15, 0.2) is 11.5 Å². The molecule has 12 nitrogen and oxygen atoms in total. The number of nitrogens with one attached hydrogen (secondary N) is 1. The van der Waals surface area contributed by atoms with Crippen LogP contribution >= 0.6 is 0 Å². The van der Waals surface area contributed by atoms with Crippen LogP contribution in [0.4, 0.5) is 5.95 Å². The highest BCUT2D eigenvalue weighted by Crippen LogP contribution is 2.41. The second-order valence-electron chi connectivity index (χ2n) is 13.2. The zero-order valence-electron chi connectivity index (χ0n) is 29.2. The molecule has 2 fully saturated rings. The highest BCUT2D eigenvalue weighted by Gasteiger charge is 2.42. The molecule has 5 heterocycles. The molecule has 0 saturated carbocycles. The molecule has 0 bridgehead atoms. The van der Waals surface area contributed by atoms with Crippen LogP contribution in [0, 0.1) is 0 Å². The molecule has 2 aromatic carbocycles. The van der Waals surface area contributed by atoms with Crippen molar-refractivity contribution >= 4 is 22.9 Å². The first-order valence-corrected chi connectivity index (χ1v) is 17.4. The molecule has 2 saturated heterocycles. The lowest BCUT2D eigenvalue weighted by atomic mass is 9.77. The summed E-state index contributed by atoms with van der Waals surface area (Å²) in [7, 11) is 4.70. The van der Waals surface area contributed by atoms with E-state index in [9.17, 15) is 4.79 Å².